The second-order valence-electron chi connectivity index (χ2n) is 6.30. The van der Waals surface area contributed by atoms with Crippen molar-refractivity contribution in [1.29, 1.82) is 0 Å². The molecule has 1 saturated heterocycles. The fraction of sp³-hybridized carbons (Fsp3) is 0.500. The lowest BCUT2D eigenvalue weighted by Gasteiger charge is -2.30. The first-order valence-electron chi connectivity index (χ1n) is 8.50. The van der Waals surface area contributed by atoms with E-state index in [1.165, 1.54) is 0 Å². The minimum absolute atomic E-state index is 0.0255. The van der Waals surface area contributed by atoms with Crippen LogP contribution in [0.5, 0.6) is 0 Å². The zero-order valence-corrected chi connectivity index (χ0v) is 16.3. The number of esters is 1. The van der Waals surface area contributed by atoms with E-state index in [1.54, 1.807) is 29.2 Å². The number of nitrogens with zero attached hydrogens (tertiary/aromatic N) is 1. The largest absolute Gasteiger partial charge is 0.455 e. The predicted octanol–water partition coefficient (Wildman–Crippen LogP) is 2.81. The summed E-state index contributed by atoms with van der Waals surface area (Å²) >= 11 is 6.92. The van der Waals surface area contributed by atoms with Crippen molar-refractivity contribution in [2.75, 3.05) is 36.5 Å². The van der Waals surface area contributed by atoms with Crippen molar-refractivity contribution in [1.82, 2.24) is 4.90 Å². The summed E-state index contributed by atoms with van der Waals surface area (Å²) < 4.78 is 5.01. The summed E-state index contributed by atoms with van der Waals surface area (Å²) in [6.07, 6.45) is 2.11. The topological polar surface area (TPSA) is 75.7 Å². The first-order valence-corrected chi connectivity index (χ1v) is 10.0. The van der Waals surface area contributed by atoms with Gasteiger partial charge in [-0.3, -0.25) is 14.4 Å². The molecule has 0 aliphatic carbocycles. The third-order valence-electron chi connectivity index (χ3n) is 3.95. The summed E-state index contributed by atoms with van der Waals surface area (Å²) in [7, 11) is 0. The van der Waals surface area contributed by atoms with Crippen molar-refractivity contribution in [3.05, 3.63) is 29.3 Å². The first-order chi connectivity index (χ1) is 12.4. The molecule has 1 aliphatic rings. The van der Waals surface area contributed by atoms with E-state index in [0.717, 1.165) is 37.7 Å². The van der Waals surface area contributed by atoms with Gasteiger partial charge in [0.15, 0.2) is 6.61 Å². The van der Waals surface area contributed by atoms with Gasteiger partial charge in [-0.25, -0.2) is 0 Å². The molecule has 142 valence electrons. The average Bonchev–Trinajstić information content (AvgIpc) is 2.61. The number of amides is 2. The van der Waals surface area contributed by atoms with E-state index in [0.29, 0.717) is 16.6 Å². The van der Waals surface area contributed by atoms with Crippen molar-refractivity contribution < 1.29 is 19.1 Å². The minimum Gasteiger partial charge on any atom is -0.455 e. The number of carbonyl (C=O) groups excluding carboxylic acids is 3. The van der Waals surface area contributed by atoms with Gasteiger partial charge in [0.1, 0.15) is 0 Å². The van der Waals surface area contributed by atoms with Gasteiger partial charge in [0.25, 0.3) is 5.91 Å². The second-order valence-corrected chi connectivity index (χ2v) is 7.72. The van der Waals surface area contributed by atoms with Gasteiger partial charge in [-0.1, -0.05) is 18.5 Å². The molecule has 0 radical (unpaired) electrons. The zero-order valence-electron chi connectivity index (χ0n) is 14.7. The van der Waals surface area contributed by atoms with Gasteiger partial charge in [-0.2, -0.15) is 0 Å². The first kappa shape index (κ1) is 20.6. The summed E-state index contributed by atoms with van der Waals surface area (Å²) in [6.45, 7) is 3.32. The molecule has 0 saturated carbocycles. The molecule has 0 spiro atoms. The monoisotopic (exact) mass is 398 g/mol. The standard InChI is InChI=1S/C18H23ClN2O4S/c1-13-3-2-8-21(9-13)17(23)10-25-18(24)12-26-11-16(22)20-15-6-4-14(19)5-7-15/h4-7,13H,2-3,8-12H2,1H3,(H,20,22)/t13-/m0/s1. The summed E-state index contributed by atoms with van der Waals surface area (Å²) in [5, 5.41) is 3.30. The quantitative estimate of drug-likeness (QED) is 0.715. The van der Waals surface area contributed by atoms with Gasteiger partial charge < -0.3 is 15.0 Å². The predicted molar refractivity (Wildman–Crippen MR) is 103 cm³/mol. The molecule has 0 unspecified atom stereocenters. The highest BCUT2D eigenvalue weighted by Gasteiger charge is 2.21. The highest BCUT2D eigenvalue weighted by molar-refractivity contribution is 8.00. The number of hydrogen-bond acceptors (Lipinski definition) is 5. The van der Waals surface area contributed by atoms with E-state index in [4.69, 9.17) is 16.3 Å². The number of rotatable bonds is 7. The highest BCUT2D eigenvalue weighted by Crippen LogP contribution is 2.16. The van der Waals surface area contributed by atoms with Crippen molar-refractivity contribution in [3.8, 4) is 0 Å². The summed E-state index contributed by atoms with van der Waals surface area (Å²) in [5.41, 5.74) is 0.643. The number of halogens is 1. The molecule has 1 aromatic carbocycles. The lowest BCUT2D eigenvalue weighted by molar-refractivity contribution is -0.150. The fourth-order valence-electron chi connectivity index (χ4n) is 2.65. The van der Waals surface area contributed by atoms with E-state index in [-0.39, 0.29) is 29.9 Å². The van der Waals surface area contributed by atoms with Crippen LogP contribution in [0.1, 0.15) is 19.8 Å². The Hall–Kier alpha value is -1.73. The molecule has 1 fully saturated rings. The Balaban J connectivity index is 1.60. The molecular formula is C18H23ClN2O4S. The van der Waals surface area contributed by atoms with Crippen LogP contribution < -0.4 is 5.32 Å². The molecule has 1 atom stereocenters. The number of nitrogens with one attached hydrogen (secondary N) is 1. The number of ether oxygens (including phenoxy) is 1. The SMILES string of the molecule is C[C@H]1CCCN(C(=O)COC(=O)CSCC(=O)Nc2ccc(Cl)cc2)C1. The fourth-order valence-corrected chi connectivity index (χ4v) is 3.38. The van der Waals surface area contributed by atoms with E-state index in [2.05, 4.69) is 12.2 Å². The molecular weight excluding hydrogens is 376 g/mol. The van der Waals surface area contributed by atoms with Crippen LogP contribution in [0, 0.1) is 5.92 Å². The van der Waals surface area contributed by atoms with Crippen LogP contribution in [0.2, 0.25) is 5.02 Å². The number of thioether (sulfide) groups is 1. The van der Waals surface area contributed by atoms with Crippen molar-refractivity contribution in [2.45, 2.75) is 19.8 Å². The van der Waals surface area contributed by atoms with Crippen LogP contribution >= 0.6 is 23.4 Å². The maximum Gasteiger partial charge on any atom is 0.316 e. The Morgan fingerprint density at radius 1 is 1.27 bits per heavy atom. The van der Waals surface area contributed by atoms with Gasteiger partial charge in [0.05, 0.1) is 11.5 Å². The van der Waals surface area contributed by atoms with Crippen LogP contribution in [0.3, 0.4) is 0 Å². The molecule has 1 heterocycles. The number of anilines is 1. The van der Waals surface area contributed by atoms with E-state index in [9.17, 15) is 14.4 Å². The third-order valence-corrected chi connectivity index (χ3v) is 5.11. The Bertz CT molecular complexity index is 639. The van der Waals surface area contributed by atoms with Crippen LogP contribution in [-0.2, 0) is 19.1 Å². The Morgan fingerprint density at radius 3 is 2.69 bits per heavy atom. The van der Waals surface area contributed by atoms with Crippen molar-refractivity contribution in [3.63, 3.8) is 0 Å². The normalized spacial score (nSPS) is 16.8. The molecule has 0 aromatic heterocycles. The van der Waals surface area contributed by atoms with Gasteiger partial charge in [-0.05, 0) is 43.0 Å². The molecule has 1 aliphatic heterocycles. The van der Waals surface area contributed by atoms with Gasteiger partial charge in [0.2, 0.25) is 5.91 Å². The summed E-state index contributed by atoms with van der Waals surface area (Å²) in [6, 6.07) is 6.77. The van der Waals surface area contributed by atoms with Crippen LogP contribution in [0.15, 0.2) is 24.3 Å². The summed E-state index contributed by atoms with van der Waals surface area (Å²) in [5.74, 6) is -0.239. The molecule has 0 bridgehead atoms. The Kier molecular flexibility index (Phi) is 8.25. The number of carbonyl (C=O) groups is 3. The van der Waals surface area contributed by atoms with Gasteiger partial charge in [-0.15, -0.1) is 11.8 Å². The molecule has 1 aromatic rings. The van der Waals surface area contributed by atoms with Crippen LogP contribution in [0.4, 0.5) is 5.69 Å². The average molecular weight is 399 g/mol. The highest BCUT2D eigenvalue weighted by atomic mass is 35.5. The lowest BCUT2D eigenvalue weighted by Crippen LogP contribution is -2.41. The maximum absolute atomic E-state index is 12.0. The maximum atomic E-state index is 12.0. The number of benzene rings is 1. The van der Waals surface area contributed by atoms with E-state index < -0.39 is 5.97 Å². The minimum atomic E-state index is -0.493. The molecule has 8 heteroatoms. The Morgan fingerprint density at radius 2 is 2.00 bits per heavy atom. The number of hydrogen-bond donors (Lipinski definition) is 1. The van der Waals surface area contributed by atoms with E-state index >= 15 is 0 Å². The molecule has 1 N–H and O–H groups in total. The smallest absolute Gasteiger partial charge is 0.316 e. The number of likely N-dealkylation sites (tertiary alicyclic amines) is 1. The third kappa shape index (κ3) is 7.25. The molecule has 2 rings (SSSR count). The number of piperidine rings is 1. The van der Waals surface area contributed by atoms with Gasteiger partial charge in [0, 0.05) is 23.8 Å². The van der Waals surface area contributed by atoms with Crippen LogP contribution in [-0.4, -0.2) is 53.9 Å². The van der Waals surface area contributed by atoms with Crippen LogP contribution in [0.25, 0.3) is 0 Å². The Labute approximate surface area is 162 Å². The van der Waals surface area contributed by atoms with Crippen molar-refractivity contribution in [2.24, 2.45) is 5.92 Å². The van der Waals surface area contributed by atoms with E-state index in [1.807, 2.05) is 0 Å². The molecule has 26 heavy (non-hydrogen) atoms. The zero-order chi connectivity index (χ0) is 18.9. The van der Waals surface area contributed by atoms with Gasteiger partial charge >= 0.3 is 5.97 Å². The van der Waals surface area contributed by atoms with Crippen molar-refractivity contribution >= 4 is 46.8 Å². The molecule has 2 amide bonds. The lowest BCUT2D eigenvalue weighted by atomic mass is 10.0. The second kappa shape index (κ2) is 10.4. The summed E-state index contributed by atoms with van der Waals surface area (Å²) in [4.78, 5) is 37.3. The molecule has 6 nitrogen and oxygen atoms in total.